The van der Waals surface area contributed by atoms with Crippen LogP contribution in [0.2, 0.25) is 0 Å². The van der Waals surface area contributed by atoms with Crippen LogP contribution in [0, 0.1) is 5.82 Å². The summed E-state index contributed by atoms with van der Waals surface area (Å²) in [7, 11) is -4.01. The third kappa shape index (κ3) is 2.69. The number of fused-ring (bicyclic) bond motifs is 1. The van der Waals surface area contributed by atoms with E-state index in [0.29, 0.717) is 5.52 Å². The van der Waals surface area contributed by atoms with Gasteiger partial charge in [0.1, 0.15) is 10.7 Å². The summed E-state index contributed by atoms with van der Waals surface area (Å²) < 4.78 is 41.4. The molecule has 2 aromatic carbocycles. The summed E-state index contributed by atoms with van der Waals surface area (Å²) in [4.78, 5) is 1.84. The molecule has 0 radical (unpaired) electrons. The smallest absolute Gasteiger partial charge is 0.271 e. The monoisotopic (exact) mass is 359 g/mol. The molecule has 0 spiro atoms. The third-order valence-electron chi connectivity index (χ3n) is 4.49. The summed E-state index contributed by atoms with van der Waals surface area (Å²) in [6.45, 7) is 3.28. The minimum absolute atomic E-state index is 0.317. The van der Waals surface area contributed by atoms with Gasteiger partial charge in [-0.2, -0.15) is 0 Å². The largest absolute Gasteiger partial charge is 0.367 e. The van der Waals surface area contributed by atoms with Crippen molar-refractivity contribution in [2.75, 3.05) is 31.1 Å². The number of aromatic nitrogens is 1. The zero-order chi connectivity index (χ0) is 17.4. The van der Waals surface area contributed by atoms with E-state index in [1.54, 1.807) is 6.07 Å². The summed E-state index contributed by atoms with van der Waals surface area (Å²) >= 11 is 0. The molecule has 0 saturated carbocycles. The third-order valence-corrected chi connectivity index (χ3v) is 6.20. The van der Waals surface area contributed by atoms with Crippen molar-refractivity contribution < 1.29 is 12.8 Å². The van der Waals surface area contributed by atoms with Gasteiger partial charge in [0.05, 0.1) is 11.2 Å². The van der Waals surface area contributed by atoms with Crippen LogP contribution in [-0.2, 0) is 10.0 Å². The molecule has 4 rings (SSSR count). The predicted molar refractivity (Wildman–Crippen MR) is 96.0 cm³/mol. The van der Waals surface area contributed by atoms with Crippen LogP contribution in [0.5, 0.6) is 0 Å². The number of anilines is 1. The van der Waals surface area contributed by atoms with Gasteiger partial charge < -0.3 is 10.2 Å². The molecule has 2 heterocycles. The molecule has 1 fully saturated rings. The van der Waals surface area contributed by atoms with Gasteiger partial charge in [0.15, 0.2) is 0 Å². The van der Waals surface area contributed by atoms with Crippen LogP contribution in [0.4, 0.5) is 10.1 Å². The molecule has 0 unspecified atom stereocenters. The van der Waals surface area contributed by atoms with E-state index in [1.165, 1.54) is 28.4 Å². The molecule has 0 amide bonds. The average Bonchev–Trinajstić information content (AvgIpc) is 3.07. The average molecular weight is 359 g/mol. The van der Waals surface area contributed by atoms with Crippen molar-refractivity contribution in [3.8, 4) is 0 Å². The molecule has 1 aromatic heterocycles. The molecule has 0 bridgehead atoms. The second kappa shape index (κ2) is 6.16. The minimum atomic E-state index is -4.01. The molecule has 5 nitrogen and oxygen atoms in total. The summed E-state index contributed by atoms with van der Waals surface area (Å²) in [5.41, 5.74) is 1.44. The van der Waals surface area contributed by atoms with Crippen LogP contribution < -0.4 is 10.2 Å². The summed E-state index contributed by atoms with van der Waals surface area (Å²) in [6, 6.07) is 12.9. The Labute approximate surface area is 145 Å². The van der Waals surface area contributed by atoms with Gasteiger partial charge in [-0.3, -0.25) is 0 Å². The molecule has 1 aliphatic rings. The van der Waals surface area contributed by atoms with Crippen molar-refractivity contribution >= 4 is 26.6 Å². The van der Waals surface area contributed by atoms with Gasteiger partial charge in [0.25, 0.3) is 10.0 Å². The zero-order valence-corrected chi connectivity index (χ0v) is 14.3. The molecule has 7 heteroatoms. The predicted octanol–water partition coefficient (Wildman–Crippen LogP) is 2.43. The van der Waals surface area contributed by atoms with Gasteiger partial charge in [-0.1, -0.05) is 24.3 Å². The lowest BCUT2D eigenvalue weighted by Crippen LogP contribution is -2.43. The van der Waals surface area contributed by atoms with Crippen LogP contribution >= 0.6 is 0 Å². The van der Waals surface area contributed by atoms with E-state index in [1.807, 2.05) is 18.2 Å². The van der Waals surface area contributed by atoms with Gasteiger partial charge in [0.2, 0.25) is 0 Å². The number of para-hydroxylation sites is 1. The Kier molecular flexibility index (Phi) is 3.97. The Morgan fingerprint density at radius 3 is 2.48 bits per heavy atom. The molecule has 1 saturated heterocycles. The van der Waals surface area contributed by atoms with Crippen LogP contribution in [0.3, 0.4) is 0 Å². The summed E-state index contributed by atoms with van der Waals surface area (Å²) in [5.74, 6) is -0.746. The topological polar surface area (TPSA) is 54.3 Å². The molecule has 130 valence electrons. The quantitative estimate of drug-likeness (QED) is 0.780. The summed E-state index contributed by atoms with van der Waals surface area (Å²) in [5, 5.41) is 4.10. The number of benzene rings is 2. The van der Waals surface area contributed by atoms with Gasteiger partial charge in [0, 0.05) is 37.8 Å². The lowest BCUT2D eigenvalue weighted by atomic mass is 10.2. The molecular weight excluding hydrogens is 341 g/mol. The number of halogens is 1. The van der Waals surface area contributed by atoms with Gasteiger partial charge in [-0.25, -0.2) is 16.8 Å². The Balaban J connectivity index is 1.92. The van der Waals surface area contributed by atoms with E-state index in [0.717, 1.165) is 43.3 Å². The van der Waals surface area contributed by atoms with Crippen LogP contribution in [0.1, 0.15) is 0 Å². The van der Waals surface area contributed by atoms with Crippen molar-refractivity contribution in [3.63, 3.8) is 0 Å². The van der Waals surface area contributed by atoms with Crippen molar-refractivity contribution in [3.05, 3.63) is 60.5 Å². The van der Waals surface area contributed by atoms with E-state index in [4.69, 9.17) is 0 Å². The maximum atomic E-state index is 14.1. The van der Waals surface area contributed by atoms with E-state index >= 15 is 0 Å². The van der Waals surface area contributed by atoms with Crippen molar-refractivity contribution in [1.82, 2.24) is 9.29 Å². The highest BCUT2D eigenvalue weighted by molar-refractivity contribution is 7.90. The fraction of sp³-hybridized carbons (Fsp3) is 0.222. The lowest BCUT2D eigenvalue weighted by molar-refractivity contribution is 0.562. The number of rotatable bonds is 3. The van der Waals surface area contributed by atoms with Crippen LogP contribution in [0.25, 0.3) is 10.9 Å². The molecular formula is C18H18FN3O2S. The standard InChI is InChI=1S/C18H18FN3O2S/c19-15-5-1-2-7-17(15)25(23,24)22-11-8-14-4-3-6-16(18(14)22)21-12-9-20-10-13-21/h1-8,11,20H,9-10,12-13H2. The highest BCUT2D eigenvalue weighted by atomic mass is 32.2. The molecule has 25 heavy (non-hydrogen) atoms. The minimum Gasteiger partial charge on any atom is -0.367 e. The number of hydrogen-bond donors (Lipinski definition) is 1. The summed E-state index contributed by atoms with van der Waals surface area (Å²) in [6.07, 6.45) is 1.50. The second-order valence-corrected chi connectivity index (χ2v) is 7.78. The van der Waals surface area contributed by atoms with Gasteiger partial charge in [-0.05, 0) is 24.3 Å². The van der Waals surface area contributed by atoms with E-state index in [9.17, 15) is 12.8 Å². The van der Waals surface area contributed by atoms with E-state index in [-0.39, 0.29) is 4.90 Å². The number of hydrogen-bond acceptors (Lipinski definition) is 4. The maximum Gasteiger partial charge on any atom is 0.271 e. The molecule has 1 aliphatic heterocycles. The fourth-order valence-electron chi connectivity index (χ4n) is 3.27. The van der Waals surface area contributed by atoms with Crippen LogP contribution in [0.15, 0.2) is 59.6 Å². The second-order valence-electron chi connectivity index (χ2n) is 6.00. The van der Waals surface area contributed by atoms with Gasteiger partial charge >= 0.3 is 0 Å². The normalized spacial score (nSPS) is 15.6. The zero-order valence-electron chi connectivity index (χ0n) is 13.5. The van der Waals surface area contributed by atoms with Crippen molar-refractivity contribution in [1.29, 1.82) is 0 Å². The van der Waals surface area contributed by atoms with Crippen LogP contribution in [-0.4, -0.2) is 38.6 Å². The molecule has 0 aliphatic carbocycles. The Hall–Kier alpha value is -2.38. The first-order valence-electron chi connectivity index (χ1n) is 8.15. The Bertz CT molecular complexity index is 1020. The van der Waals surface area contributed by atoms with Gasteiger partial charge in [-0.15, -0.1) is 0 Å². The molecule has 3 aromatic rings. The number of nitrogens with one attached hydrogen (secondary N) is 1. The number of nitrogens with zero attached hydrogens (tertiary/aromatic N) is 2. The lowest BCUT2D eigenvalue weighted by Gasteiger charge is -2.30. The first kappa shape index (κ1) is 16.1. The Morgan fingerprint density at radius 1 is 0.960 bits per heavy atom. The Morgan fingerprint density at radius 2 is 1.72 bits per heavy atom. The first-order chi connectivity index (χ1) is 12.1. The fourth-order valence-corrected chi connectivity index (χ4v) is 4.70. The first-order valence-corrected chi connectivity index (χ1v) is 9.59. The number of piperazine rings is 1. The van der Waals surface area contributed by atoms with Crippen molar-refractivity contribution in [2.24, 2.45) is 0 Å². The highest BCUT2D eigenvalue weighted by Gasteiger charge is 2.25. The molecule has 1 N–H and O–H groups in total. The maximum absolute atomic E-state index is 14.1. The molecule has 0 atom stereocenters. The van der Waals surface area contributed by atoms with E-state index in [2.05, 4.69) is 10.2 Å². The SMILES string of the molecule is O=S(=O)(c1ccccc1F)n1ccc2cccc(N3CCNCC3)c21. The highest BCUT2D eigenvalue weighted by Crippen LogP contribution is 2.31. The van der Waals surface area contributed by atoms with Crippen molar-refractivity contribution in [2.45, 2.75) is 4.90 Å². The van der Waals surface area contributed by atoms with E-state index < -0.39 is 15.8 Å².